The Hall–Kier alpha value is -2.48. The molecular weight excluding hydrogens is 544 g/mol. The molecule has 45 heavy (non-hydrogen) atoms. The molecule has 0 spiro atoms. The summed E-state index contributed by atoms with van der Waals surface area (Å²) in [6.07, 6.45) is 26.1. The summed E-state index contributed by atoms with van der Waals surface area (Å²) in [7, 11) is 0. The van der Waals surface area contributed by atoms with Gasteiger partial charge in [0.2, 0.25) is 11.4 Å². The van der Waals surface area contributed by atoms with Crippen LogP contribution in [0.25, 0.3) is 16.9 Å². The highest BCUT2D eigenvalue weighted by molar-refractivity contribution is 5.82. The van der Waals surface area contributed by atoms with Gasteiger partial charge in [-0.15, -0.1) is 0 Å². The fourth-order valence-corrected chi connectivity index (χ4v) is 7.21. The van der Waals surface area contributed by atoms with E-state index in [1.807, 2.05) is 0 Å². The number of allylic oxidation sites excluding steroid dienone is 2. The minimum Gasteiger partial charge on any atom is -0.493 e. The van der Waals surface area contributed by atoms with Crippen LogP contribution in [0.1, 0.15) is 183 Å². The summed E-state index contributed by atoms with van der Waals surface area (Å²) in [6, 6.07) is 14.1. The average Bonchev–Trinajstić information content (AvgIpc) is 3.29. The van der Waals surface area contributed by atoms with Gasteiger partial charge >= 0.3 is 0 Å². The molecule has 0 unspecified atom stereocenters. The number of hydrogen-bond acceptors (Lipinski definition) is 0. The van der Waals surface area contributed by atoms with E-state index in [1.165, 1.54) is 129 Å². The van der Waals surface area contributed by atoms with Gasteiger partial charge in [-0.1, -0.05) is 134 Å². The standard InChI is InChI=1S/C43H66N2/c1-7-11-15-17-19-22-24-36-31-37(25-23-20-18-16-12-8-2)33-39(32-36)43-40(26-14-10-4)41(27-21-13-9-3)42(45(43)44)38-29-34(5)28-35(6)30-38/h28-33H,7-27H2,1-6H3. The van der Waals surface area contributed by atoms with Crippen molar-refractivity contribution in [3.05, 3.63) is 86.5 Å². The van der Waals surface area contributed by atoms with Gasteiger partial charge in [0, 0.05) is 22.3 Å². The van der Waals surface area contributed by atoms with Gasteiger partial charge in [0.1, 0.15) is 0 Å². The Kier molecular flexibility index (Phi) is 16.9. The van der Waals surface area contributed by atoms with E-state index in [-0.39, 0.29) is 0 Å². The molecule has 1 heterocycles. The van der Waals surface area contributed by atoms with E-state index in [2.05, 4.69) is 77.9 Å². The Morgan fingerprint density at radius 2 is 0.800 bits per heavy atom. The van der Waals surface area contributed by atoms with Gasteiger partial charge in [-0.05, 0) is 101 Å². The molecule has 1 aliphatic heterocycles. The third-order valence-corrected chi connectivity index (χ3v) is 9.63. The molecule has 0 amide bonds. The van der Waals surface area contributed by atoms with E-state index in [9.17, 15) is 5.53 Å². The van der Waals surface area contributed by atoms with Crippen LogP contribution >= 0.6 is 0 Å². The molecule has 2 aromatic carbocycles. The Morgan fingerprint density at radius 3 is 1.29 bits per heavy atom. The quantitative estimate of drug-likeness (QED) is 0.0883. The number of benzene rings is 2. The highest BCUT2D eigenvalue weighted by atomic mass is 15.2. The van der Waals surface area contributed by atoms with Crippen molar-refractivity contribution >= 4 is 11.4 Å². The normalized spacial score (nSPS) is 13.5. The first kappa shape index (κ1) is 37.0. The number of hydrogen-bond donors (Lipinski definition) is 0. The minimum absolute atomic E-state index is 1.02. The second-order valence-electron chi connectivity index (χ2n) is 14.0. The first-order valence-corrected chi connectivity index (χ1v) is 19.1. The van der Waals surface area contributed by atoms with Gasteiger partial charge in [0.05, 0.1) is 0 Å². The van der Waals surface area contributed by atoms with Crippen molar-refractivity contribution in [3.63, 3.8) is 0 Å². The molecule has 0 aliphatic carbocycles. The summed E-state index contributed by atoms with van der Waals surface area (Å²) < 4.78 is 1.61. The first-order valence-electron chi connectivity index (χ1n) is 19.1. The second kappa shape index (κ2) is 20.6. The summed E-state index contributed by atoms with van der Waals surface area (Å²) in [5.74, 6) is 0. The number of nitrogens with zero attached hydrogens (tertiary/aromatic N) is 2. The van der Waals surface area contributed by atoms with Crippen molar-refractivity contribution in [3.8, 4) is 0 Å². The van der Waals surface area contributed by atoms with E-state index in [4.69, 9.17) is 0 Å². The zero-order valence-corrected chi connectivity index (χ0v) is 30.2. The Bertz CT molecular complexity index is 1210. The molecule has 0 fully saturated rings. The van der Waals surface area contributed by atoms with Crippen LogP contribution in [-0.2, 0) is 12.8 Å². The van der Waals surface area contributed by atoms with Crippen LogP contribution < -0.4 is 0 Å². The maximum Gasteiger partial charge on any atom is 0.211 e. The van der Waals surface area contributed by atoms with Crippen LogP contribution in [0.15, 0.2) is 47.5 Å². The molecule has 0 bridgehead atoms. The Balaban J connectivity index is 2.03. The molecule has 0 saturated carbocycles. The van der Waals surface area contributed by atoms with Crippen LogP contribution in [-0.4, -0.2) is 4.70 Å². The van der Waals surface area contributed by atoms with E-state index < -0.39 is 0 Å². The molecular formula is C43H66N2. The fraction of sp³-hybridized carbons (Fsp3) is 0.628. The molecule has 0 atom stereocenters. The third-order valence-electron chi connectivity index (χ3n) is 9.63. The van der Waals surface area contributed by atoms with E-state index >= 15 is 0 Å². The predicted octanol–water partition coefficient (Wildman–Crippen LogP) is 14.1. The number of unbranched alkanes of at least 4 members (excludes halogenated alkanes) is 13. The monoisotopic (exact) mass is 611 g/mol. The second-order valence-corrected chi connectivity index (χ2v) is 14.0. The summed E-state index contributed by atoms with van der Waals surface area (Å²) in [5, 5.41) is 0. The SMILES string of the molecule is CCCCCCCCc1cc(CCCCCCCC)cc(C2=C(CCCC)C(CCCCC)=C(c3cc(C)cc(C)c3)[N+]2=[N-])c1. The van der Waals surface area contributed by atoms with Crippen molar-refractivity contribution in [2.75, 3.05) is 0 Å². The highest BCUT2D eigenvalue weighted by Crippen LogP contribution is 2.45. The number of aryl methyl sites for hydroxylation is 4. The van der Waals surface area contributed by atoms with Crippen LogP contribution in [0, 0.1) is 13.8 Å². The molecule has 0 aromatic heterocycles. The lowest BCUT2D eigenvalue weighted by molar-refractivity contribution is -0.345. The lowest BCUT2D eigenvalue weighted by Gasteiger charge is -2.14. The van der Waals surface area contributed by atoms with Gasteiger partial charge < -0.3 is 5.53 Å². The highest BCUT2D eigenvalue weighted by Gasteiger charge is 2.35. The van der Waals surface area contributed by atoms with Crippen molar-refractivity contribution in [2.24, 2.45) is 0 Å². The molecule has 0 N–H and O–H groups in total. The molecule has 0 saturated heterocycles. The van der Waals surface area contributed by atoms with Gasteiger partial charge in [-0.25, -0.2) is 4.70 Å². The van der Waals surface area contributed by atoms with E-state index in [1.54, 1.807) is 4.70 Å². The molecule has 3 rings (SSSR count). The van der Waals surface area contributed by atoms with Crippen molar-refractivity contribution in [1.82, 2.24) is 0 Å². The van der Waals surface area contributed by atoms with Crippen LogP contribution in [0.5, 0.6) is 0 Å². The van der Waals surface area contributed by atoms with Gasteiger partial charge in [-0.2, -0.15) is 0 Å². The number of rotatable bonds is 23. The molecule has 1 aliphatic rings. The summed E-state index contributed by atoms with van der Waals surface area (Å²) in [4.78, 5) is 0. The average molecular weight is 611 g/mol. The minimum atomic E-state index is 1.02. The molecule has 2 nitrogen and oxygen atoms in total. The largest absolute Gasteiger partial charge is 0.493 e. The van der Waals surface area contributed by atoms with Crippen molar-refractivity contribution in [2.45, 2.75) is 176 Å². The third kappa shape index (κ3) is 11.7. The predicted molar refractivity (Wildman–Crippen MR) is 198 cm³/mol. The summed E-state index contributed by atoms with van der Waals surface area (Å²) in [5.41, 5.74) is 24.8. The maximum atomic E-state index is 12.2. The van der Waals surface area contributed by atoms with E-state index in [0.717, 1.165) is 61.9 Å². The van der Waals surface area contributed by atoms with Crippen molar-refractivity contribution in [1.29, 1.82) is 0 Å². The molecule has 248 valence electrons. The van der Waals surface area contributed by atoms with Gasteiger partial charge in [0.15, 0.2) is 0 Å². The lowest BCUT2D eigenvalue weighted by atomic mass is 9.90. The molecule has 2 aromatic rings. The fourth-order valence-electron chi connectivity index (χ4n) is 7.21. The smallest absolute Gasteiger partial charge is 0.211 e. The van der Waals surface area contributed by atoms with Gasteiger partial charge in [-0.3, -0.25) is 0 Å². The molecule has 2 heteroatoms. The van der Waals surface area contributed by atoms with Gasteiger partial charge in [0.25, 0.3) is 0 Å². The Labute approximate surface area is 278 Å². The first-order chi connectivity index (χ1) is 21.9. The zero-order chi connectivity index (χ0) is 32.4. The summed E-state index contributed by atoms with van der Waals surface area (Å²) >= 11 is 0. The Morgan fingerprint density at radius 1 is 0.422 bits per heavy atom. The van der Waals surface area contributed by atoms with Crippen LogP contribution in [0.3, 0.4) is 0 Å². The lowest BCUT2D eigenvalue weighted by Crippen LogP contribution is -2.05. The summed E-state index contributed by atoms with van der Waals surface area (Å²) in [6.45, 7) is 13.5. The topological polar surface area (TPSA) is 25.3 Å². The van der Waals surface area contributed by atoms with E-state index in [0.29, 0.717) is 0 Å². The van der Waals surface area contributed by atoms with Crippen LogP contribution in [0.4, 0.5) is 0 Å². The van der Waals surface area contributed by atoms with Crippen molar-refractivity contribution < 1.29 is 4.70 Å². The van der Waals surface area contributed by atoms with Crippen LogP contribution in [0.2, 0.25) is 0 Å². The zero-order valence-electron chi connectivity index (χ0n) is 30.2. The maximum absolute atomic E-state index is 12.2. The molecule has 0 radical (unpaired) electrons.